The molecule has 2 aromatic rings. The summed E-state index contributed by atoms with van der Waals surface area (Å²) in [4.78, 5) is 7.99. The Morgan fingerprint density at radius 1 is 1.18 bits per heavy atom. The maximum absolute atomic E-state index is 5.92. The molecule has 2 rings (SSSR count). The Hall–Kier alpha value is -2.76. The number of rotatable bonds is 6. The maximum atomic E-state index is 5.92. The summed E-state index contributed by atoms with van der Waals surface area (Å²) in [5.41, 5.74) is 14.3. The van der Waals surface area contributed by atoms with Gasteiger partial charge in [-0.05, 0) is 18.1 Å². The SMILES string of the molecule is C=CCc1c(Cc2cnc(N)nc2N)cc(OC)cc1OC. The number of aromatic nitrogens is 2. The molecule has 0 spiro atoms. The molecule has 0 bridgehead atoms. The van der Waals surface area contributed by atoms with Crippen LogP contribution in [-0.4, -0.2) is 24.2 Å². The second kappa shape index (κ2) is 6.80. The maximum Gasteiger partial charge on any atom is 0.221 e. The summed E-state index contributed by atoms with van der Waals surface area (Å²) in [6.07, 6.45) is 4.71. The zero-order valence-corrected chi connectivity index (χ0v) is 12.8. The molecule has 0 saturated carbocycles. The van der Waals surface area contributed by atoms with E-state index in [0.717, 1.165) is 28.2 Å². The molecule has 1 aromatic carbocycles. The van der Waals surface area contributed by atoms with Crippen molar-refractivity contribution in [3.05, 3.63) is 47.7 Å². The topological polar surface area (TPSA) is 96.3 Å². The number of nitrogen functional groups attached to an aromatic ring is 2. The molecule has 0 atom stereocenters. The van der Waals surface area contributed by atoms with E-state index in [-0.39, 0.29) is 5.95 Å². The Balaban J connectivity index is 2.49. The number of nitrogens with two attached hydrogens (primary N) is 2. The van der Waals surface area contributed by atoms with E-state index in [0.29, 0.717) is 18.7 Å². The summed E-state index contributed by atoms with van der Waals surface area (Å²) < 4.78 is 10.8. The number of anilines is 2. The van der Waals surface area contributed by atoms with Gasteiger partial charge in [0, 0.05) is 29.8 Å². The highest BCUT2D eigenvalue weighted by molar-refractivity contribution is 5.52. The van der Waals surface area contributed by atoms with E-state index in [1.165, 1.54) is 0 Å². The molecule has 1 heterocycles. The molecule has 1 aromatic heterocycles. The molecule has 6 heteroatoms. The third-order valence-electron chi connectivity index (χ3n) is 3.38. The van der Waals surface area contributed by atoms with Crippen LogP contribution in [0.15, 0.2) is 31.0 Å². The fourth-order valence-electron chi connectivity index (χ4n) is 2.28. The summed E-state index contributed by atoms with van der Waals surface area (Å²) in [7, 11) is 3.25. The van der Waals surface area contributed by atoms with Crippen molar-refractivity contribution in [2.24, 2.45) is 0 Å². The summed E-state index contributed by atoms with van der Waals surface area (Å²) in [6, 6.07) is 3.81. The molecule has 4 N–H and O–H groups in total. The molecular formula is C16H20N4O2. The number of benzene rings is 1. The van der Waals surface area contributed by atoms with Crippen LogP contribution < -0.4 is 20.9 Å². The van der Waals surface area contributed by atoms with Gasteiger partial charge in [-0.1, -0.05) is 6.08 Å². The molecular weight excluding hydrogens is 280 g/mol. The van der Waals surface area contributed by atoms with Crippen LogP contribution in [0.2, 0.25) is 0 Å². The Bertz CT molecular complexity index is 686. The normalized spacial score (nSPS) is 10.3. The van der Waals surface area contributed by atoms with Crippen LogP contribution in [0, 0.1) is 0 Å². The van der Waals surface area contributed by atoms with Gasteiger partial charge >= 0.3 is 0 Å². The Morgan fingerprint density at radius 3 is 2.55 bits per heavy atom. The van der Waals surface area contributed by atoms with Crippen LogP contribution in [-0.2, 0) is 12.8 Å². The first kappa shape index (κ1) is 15.6. The summed E-state index contributed by atoms with van der Waals surface area (Å²) in [5, 5.41) is 0. The van der Waals surface area contributed by atoms with Gasteiger partial charge < -0.3 is 20.9 Å². The number of methoxy groups -OCH3 is 2. The second-order valence-corrected chi connectivity index (χ2v) is 4.78. The van der Waals surface area contributed by atoms with Crippen LogP contribution >= 0.6 is 0 Å². The monoisotopic (exact) mass is 300 g/mol. The lowest BCUT2D eigenvalue weighted by molar-refractivity contribution is 0.391. The number of allylic oxidation sites excluding steroid dienone is 1. The lowest BCUT2D eigenvalue weighted by Crippen LogP contribution is -2.06. The van der Waals surface area contributed by atoms with E-state index < -0.39 is 0 Å². The Kier molecular flexibility index (Phi) is 4.83. The fourth-order valence-corrected chi connectivity index (χ4v) is 2.28. The third kappa shape index (κ3) is 3.28. The van der Waals surface area contributed by atoms with E-state index in [1.54, 1.807) is 20.4 Å². The lowest BCUT2D eigenvalue weighted by atomic mass is 9.97. The largest absolute Gasteiger partial charge is 0.497 e. The molecule has 0 radical (unpaired) electrons. The highest BCUT2D eigenvalue weighted by Gasteiger charge is 2.13. The van der Waals surface area contributed by atoms with Gasteiger partial charge in [0.05, 0.1) is 14.2 Å². The van der Waals surface area contributed by atoms with E-state index >= 15 is 0 Å². The molecule has 0 aliphatic carbocycles. The third-order valence-corrected chi connectivity index (χ3v) is 3.38. The molecule has 0 fully saturated rings. The van der Waals surface area contributed by atoms with Gasteiger partial charge in [-0.25, -0.2) is 4.98 Å². The van der Waals surface area contributed by atoms with Crippen LogP contribution in [0.1, 0.15) is 16.7 Å². The molecule has 22 heavy (non-hydrogen) atoms. The molecule has 0 aliphatic rings. The Morgan fingerprint density at radius 2 is 1.95 bits per heavy atom. The van der Waals surface area contributed by atoms with Crippen molar-refractivity contribution >= 4 is 11.8 Å². The first-order valence-electron chi connectivity index (χ1n) is 6.80. The number of nitrogens with zero attached hydrogens (tertiary/aromatic N) is 2. The zero-order chi connectivity index (χ0) is 16.1. The van der Waals surface area contributed by atoms with Crippen LogP contribution in [0.3, 0.4) is 0 Å². The summed E-state index contributed by atoms with van der Waals surface area (Å²) in [5.74, 6) is 2.01. The van der Waals surface area contributed by atoms with Gasteiger partial charge in [0.1, 0.15) is 17.3 Å². The van der Waals surface area contributed by atoms with Gasteiger partial charge in [-0.3, -0.25) is 0 Å². The molecule has 0 saturated heterocycles. The van der Waals surface area contributed by atoms with Crippen LogP contribution in [0.25, 0.3) is 0 Å². The molecule has 0 aliphatic heterocycles. The van der Waals surface area contributed by atoms with Crippen molar-refractivity contribution in [2.45, 2.75) is 12.8 Å². The van der Waals surface area contributed by atoms with Gasteiger partial charge in [0.2, 0.25) is 5.95 Å². The quantitative estimate of drug-likeness (QED) is 0.792. The molecule has 116 valence electrons. The minimum atomic E-state index is 0.163. The lowest BCUT2D eigenvalue weighted by Gasteiger charge is -2.15. The highest BCUT2D eigenvalue weighted by atomic mass is 16.5. The van der Waals surface area contributed by atoms with Crippen molar-refractivity contribution in [2.75, 3.05) is 25.7 Å². The second-order valence-electron chi connectivity index (χ2n) is 4.78. The first-order chi connectivity index (χ1) is 10.6. The smallest absolute Gasteiger partial charge is 0.221 e. The number of ether oxygens (including phenoxy) is 2. The van der Waals surface area contributed by atoms with Crippen LogP contribution in [0.4, 0.5) is 11.8 Å². The predicted molar refractivity (Wildman–Crippen MR) is 87.1 cm³/mol. The fraction of sp³-hybridized carbons (Fsp3) is 0.250. The van der Waals surface area contributed by atoms with Crippen molar-refractivity contribution in [3.8, 4) is 11.5 Å². The van der Waals surface area contributed by atoms with E-state index in [9.17, 15) is 0 Å². The van der Waals surface area contributed by atoms with Crippen molar-refractivity contribution in [1.29, 1.82) is 0 Å². The molecule has 0 unspecified atom stereocenters. The van der Waals surface area contributed by atoms with E-state index in [2.05, 4.69) is 16.5 Å². The van der Waals surface area contributed by atoms with Crippen LogP contribution in [0.5, 0.6) is 11.5 Å². The minimum Gasteiger partial charge on any atom is -0.497 e. The zero-order valence-electron chi connectivity index (χ0n) is 12.8. The Labute approximate surface area is 129 Å². The number of hydrogen-bond donors (Lipinski definition) is 2. The minimum absolute atomic E-state index is 0.163. The van der Waals surface area contributed by atoms with Crippen molar-refractivity contribution < 1.29 is 9.47 Å². The standard InChI is InChI=1S/C16H20N4O2/c1-4-5-13-10(7-12(21-2)8-14(13)22-3)6-11-9-19-16(18)20-15(11)17/h4,7-9H,1,5-6H2,2-3H3,(H4,17,18,19,20). The molecule has 6 nitrogen and oxygen atoms in total. The van der Waals surface area contributed by atoms with E-state index in [1.807, 2.05) is 18.2 Å². The summed E-state index contributed by atoms with van der Waals surface area (Å²) in [6.45, 7) is 3.80. The average molecular weight is 300 g/mol. The van der Waals surface area contributed by atoms with Gasteiger partial charge in [0.25, 0.3) is 0 Å². The summed E-state index contributed by atoms with van der Waals surface area (Å²) >= 11 is 0. The highest BCUT2D eigenvalue weighted by Crippen LogP contribution is 2.31. The van der Waals surface area contributed by atoms with Gasteiger partial charge in [0.15, 0.2) is 0 Å². The van der Waals surface area contributed by atoms with E-state index in [4.69, 9.17) is 20.9 Å². The van der Waals surface area contributed by atoms with Crippen molar-refractivity contribution in [3.63, 3.8) is 0 Å². The number of hydrogen-bond acceptors (Lipinski definition) is 6. The van der Waals surface area contributed by atoms with Crippen molar-refractivity contribution in [1.82, 2.24) is 9.97 Å². The van der Waals surface area contributed by atoms with Gasteiger partial charge in [-0.2, -0.15) is 4.98 Å². The first-order valence-corrected chi connectivity index (χ1v) is 6.80. The molecule has 0 amide bonds. The predicted octanol–water partition coefficient (Wildman–Crippen LogP) is 1.98. The average Bonchev–Trinajstić information content (AvgIpc) is 2.51. The van der Waals surface area contributed by atoms with Gasteiger partial charge in [-0.15, -0.1) is 6.58 Å².